The first-order valence-corrected chi connectivity index (χ1v) is 5.03. The van der Waals surface area contributed by atoms with Crippen LogP contribution >= 0.6 is 0 Å². The number of benzene rings is 1. The predicted molar refractivity (Wildman–Crippen MR) is 59.8 cm³/mol. The minimum atomic E-state index is -0.545. The summed E-state index contributed by atoms with van der Waals surface area (Å²) in [6, 6.07) is 3.28. The van der Waals surface area contributed by atoms with Crippen LogP contribution in [0.5, 0.6) is 5.75 Å². The molecule has 0 fully saturated rings. The summed E-state index contributed by atoms with van der Waals surface area (Å²) in [5.41, 5.74) is -0.0412. The zero-order valence-electron chi connectivity index (χ0n) is 9.03. The Morgan fingerprint density at radius 1 is 1.56 bits per heavy atom. The van der Waals surface area contributed by atoms with E-state index in [9.17, 15) is 14.3 Å². The topological polar surface area (TPSA) is 49.3 Å². The summed E-state index contributed by atoms with van der Waals surface area (Å²) >= 11 is 0. The molecule has 4 heteroatoms. The van der Waals surface area contributed by atoms with Crippen LogP contribution in [-0.2, 0) is 0 Å². The molecular weight excluding hydrogens is 209 g/mol. The van der Waals surface area contributed by atoms with E-state index in [2.05, 4.69) is 5.32 Å². The molecule has 1 aromatic rings. The standard InChI is InChI=1S/C12H14FNO2/c1-2-3-4-7-14-12(16)10-8-9(13)5-6-11(10)15/h2-3,5-6,8,15H,4,7H2,1H3,(H,14,16)/b3-2+. The van der Waals surface area contributed by atoms with Gasteiger partial charge in [0.2, 0.25) is 0 Å². The summed E-state index contributed by atoms with van der Waals surface area (Å²) in [6.07, 6.45) is 4.50. The molecule has 0 saturated heterocycles. The number of aromatic hydroxyl groups is 1. The largest absolute Gasteiger partial charge is 0.507 e. The van der Waals surface area contributed by atoms with Gasteiger partial charge < -0.3 is 10.4 Å². The van der Waals surface area contributed by atoms with E-state index in [-0.39, 0.29) is 11.3 Å². The zero-order chi connectivity index (χ0) is 12.0. The van der Waals surface area contributed by atoms with Crippen molar-refractivity contribution in [2.75, 3.05) is 6.54 Å². The molecule has 0 aliphatic carbocycles. The summed E-state index contributed by atoms with van der Waals surface area (Å²) in [5.74, 6) is -1.23. The summed E-state index contributed by atoms with van der Waals surface area (Å²) in [6.45, 7) is 2.35. The van der Waals surface area contributed by atoms with Crippen LogP contribution in [0.4, 0.5) is 4.39 Å². The van der Waals surface area contributed by atoms with Crippen molar-refractivity contribution in [3.63, 3.8) is 0 Å². The summed E-state index contributed by atoms with van der Waals surface area (Å²) in [5, 5.41) is 12.0. The fourth-order valence-electron chi connectivity index (χ4n) is 1.22. The quantitative estimate of drug-likeness (QED) is 0.607. The molecule has 0 bridgehead atoms. The summed E-state index contributed by atoms with van der Waals surface area (Å²) in [4.78, 5) is 11.5. The molecule has 1 aromatic carbocycles. The van der Waals surface area contributed by atoms with Crippen LogP contribution in [0.1, 0.15) is 23.7 Å². The predicted octanol–water partition coefficient (Wildman–Crippen LogP) is 2.23. The SMILES string of the molecule is C/C=C/CCNC(=O)c1cc(F)ccc1O. The number of phenols is 1. The number of nitrogens with one attached hydrogen (secondary N) is 1. The van der Waals surface area contributed by atoms with Gasteiger partial charge in [-0.1, -0.05) is 12.2 Å². The number of allylic oxidation sites excluding steroid dienone is 1. The van der Waals surface area contributed by atoms with Crippen LogP contribution in [0.15, 0.2) is 30.4 Å². The van der Waals surface area contributed by atoms with Gasteiger partial charge >= 0.3 is 0 Å². The zero-order valence-corrected chi connectivity index (χ0v) is 9.03. The van der Waals surface area contributed by atoms with Gasteiger partial charge in [-0.05, 0) is 31.5 Å². The van der Waals surface area contributed by atoms with Crippen molar-refractivity contribution in [2.45, 2.75) is 13.3 Å². The molecule has 0 spiro atoms. The average Bonchev–Trinajstić information content (AvgIpc) is 2.27. The lowest BCUT2D eigenvalue weighted by atomic mass is 10.2. The monoisotopic (exact) mass is 223 g/mol. The van der Waals surface area contributed by atoms with Gasteiger partial charge in [0.15, 0.2) is 0 Å². The molecule has 86 valence electrons. The molecular formula is C12H14FNO2. The van der Waals surface area contributed by atoms with Crippen LogP contribution in [0.25, 0.3) is 0 Å². The normalized spacial score (nSPS) is 10.6. The van der Waals surface area contributed by atoms with Crippen molar-refractivity contribution in [1.82, 2.24) is 5.32 Å². The number of hydrogen-bond acceptors (Lipinski definition) is 2. The van der Waals surface area contributed by atoms with Crippen LogP contribution in [0, 0.1) is 5.82 Å². The molecule has 1 rings (SSSR count). The Labute approximate surface area is 93.6 Å². The number of phenolic OH excluding ortho intramolecular Hbond substituents is 1. The molecule has 16 heavy (non-hydrogen) atoms. The molecule has 0 atom stereocenters. The van der Waals surface area contributed by atoms with Crippen LogP contribution < -0.4 is 5.32 Å². The summed E-state index contributed by atoms with van der Waals surface area (Å²) in [7, 11) is 0. The van der Waals surface area contributed by atoms with Gasteiger partial charge in [-0.2, -0.15) is 0 Å². The molecule has 3 nitrogen and oxygen atoms in total. The second-order valence-electron chi connectivity index (χ2n) is 3.28. The van der Waals surface area contributed by atoms with Crippen molar-refractivity contribution >= 4 is 5.91 Å². The number of amides is 1. The Bertz CT molecular complexity index is 402. The second kappa shape index (κ2) is 5.90. The Morgan fingerprint density at radius 2 is 2.31 bits per heavy atom. The summed E-state index contributed by atoms with van der Waals surface area (Å²) < 4.78 is 12.8. The van der Waals surface area contributed by atoms with E-state index < -0.39 is 11.7 Å². The minimum absolute atomic E-state index is 0.0412. The van der Waals surface area contributed by atoms with E-state index in [1.165, 1.54) is 0 Å². The van der Waals surface area contributed by atoms with Crippen LogP contribution in [0.3, 0.4) is 0 Å². The highest BCUT2D eigenvalue weighted by Gasteiger charge is 2.10. The smallest absolute Gasteiger partial charge is 0.255 e. The highest BCUT2D eigenvalue weighted by Crippen LogP contribution is 2.17. The molecule has 1 amide bonds. The lowest BCUT2D eigenvalue weighted by Crippen LogP contribution is -2.24. The van der Waals surface area contributed by atoms with E-state index in [1.807, 2.05) is 19.1 Å². The number of hydrogen-bond donors (Lipinski definition) is 2. The Hall–Kier alpha value is -1.84. The second-order valence-corrected chi connectivity index (χ2v) is 3.28. The molecule has 0 saturated carbocycles. The van der Waals surface area contributed by atoms with Gasteiger partial charge in [-0.25, -0.2) is 4.39 Å². The maximum absolute atomic E-state index is 12.8. The lowest BCUT2D eigenvalue weighted by molar-refractivity contribution is 0.0951. The van der Waals surface area contributed by atoms with Gasteiger partial charge in [0.1, 0.15) is 11.6 Å². The lowest BCUT2D eigenvalue weighted by Gasteiger charge is -2.05. The van der Waals surface area contributed by atoms with Gasteiger partial charge in [0, 0.05) is 6.54 Å². The first-order chi connectivity index (χ1) is 7.65. The minimum Gasteiger partial charge on any atom is -0.507 e. The fraction of sp³-hybridized carbons (Fsp3) is 0.250. The van der Waals surface area contributed by atoms with E-state index in [1.54, 1.807) is 0 Å². The average molecular weight is 223 g/mol. The molecule has 2 N–H and O–H groups in total. The maximum atomic E-state index is 12.8. The maximum Gasteiger partial charge on any atom is 0.255 e. The third-order valence-corrected chi connectivity index (χ3v) is 2.04. The highest BCUT2D eigenvalue weighted by atomic mass is 19.1. The van der Waals surface area contributed by atoms with Crippen LogP contribution in [-0.4, -0.2) is 17.6 Å². The van der Waals surface area contributed by atoms with Gasteiger partial charge in [-0.3, -0.25) is 4.79 Å². The van der Waals surface area contributed by atoms with Crippen LogP contribution in [0.2, 0.25) is 0 Å². The third kappa shape index (κ3) is 3.38. The van der Waals surface area contributed by atoms with E-state index in [0.717, 1.165) is 18.2 Å². The van der Waals surface area contributed by atoms with Crippen molar-refractivity contribution in [3.8, 4) is 5.75 Å². The van der Waals surface area contributed by atoms with Gasteiger partial charge in [0.05, 0.1) is 5.56 Å². The molecule has 0 heterocycles. The van der Waals surface area contributed by atoms with E-state index >= 15 is 0 Å². The Balaban J connectivity index is 2.62. The molecule has 0 unspecified atom stereocenters. The highest BCUT2D eigenvalue weighted by molar-refractivity contribution is 5.96. The van der Waals surface area contributed by atoms with Gasteiger partial charge in [-0.15, -0.1) is 0 Å². The van der Waals surface area contributed by atoms with E-state index in [0.29, 0.717) is 13.0 Å². The number of rotatable bonds is 4. The van der Waals surface area contributed by atoms with Crippen molar-refractivity contribution in [2.24, 2.45) is 0 Å². The van der Waals surface area contributed by atoms with Gasteiger partial charge in [0.25, 0.3) is 5.91 Å². The fourth-order valence-corrected chi connectivity index (χ4v) is 1.22. The van der Waals surface area contributed by atoms with Crippen molar-refractivity contribution < 1.29 is 14.3 Å². The van der Waals surface area contributed by atoms with Crippen molar-refractivity contribution in [3.05, 3.63) is 41.7 Å². The molecule has 0 radical (unpaired) electrons. The first-order valence-electron chi connectivity index (χ1n) is 5.03. The first kappa shape index (κ1) is 12.2. The van der Waals surface area contributed by atoms with Crippen molar-refractivity contribution in [1.29, 1.82) is 0 Å². The molecule has 0 aliphatic rings. The number of carbonyl (C=O) groups excluding carboxylic acids is 1. The number of carbonyl (C=O) groups is 1. The molecule has 0 aromatic heterocycles. The Morgan fingerprint density at radius 3 is 3.00 bits per heavy atom. The molecule has 0 aliphatic heterocycles. The number of halogens is 1. The Kier molecular flexibility index (Phi) is 4.51. The van der Waals surface area contributed by atoms with E-state index in [4.69, 9.17) is 0 Å². The third-order valence-electron chi connectivity index (χ3n) is 2.04.